The monoisotopic (exact) mass is 286 g/mol. The number of benzene rings is 1. The third-order valence-corrected chi connectivity index (χ3v) is 4.22. The number of carbonyl (C=O) groups is 2. The molecule has 1 saturated heterocycles. The minimum absolute atomic E-state index is 0.0160. The molecular weight excluding hydrogens is 264 g/mol. The largest absolute Gasteiger partial charge is 0.351 e. The molecule has 2 fully saturated rings. The minimum Gasteiger partial charge on any atom is -0.351 e. The van der Waals surface area contributed by atoms with Crippen LogP contribution in [0.5, 0.6) is 0 Å². The van der Waals surface area contributed by atoms with Crippen LogP contribution in [0.4, 0.5) is 0 Å². The summed E-state index contributed by atoms with van der Waals surface area (Å²) < 4.78 is 0. The Morgan fingerprint density at radius 1 is 1.24 bits per heavy atom. The highest BCUT2D eigenvalue weighted by molar-refractivity contribution is 5.82. The summed E-state index contributed by atoms with van der Waals surface area (Å²) in [6.07, 6.45) is 5.03. The van der Waals surface area contributed by atoms with Crippen molar-refractivity contribution in [2.45, 2.75) is 50.6 Å². The van der Waals surface area contributed by atoms with Crippen LogP contribution in [-0.4, -0.2) is 35.3 Å². The Hall–Kier alpha value is -1.84. The molecule has 1 saturated carbocycles. The first kappa shape index (κ1) is 14.1. The van der Waals surface area contributed by atoms with Gasteiger partial charge in [0.1, 0.15) is 0 Å². The summed E-state index contributed by atoms with van der Waals surface area (Å²) in [5.74, 6) is 0.272. The van der Waals surface area contributed by atoms with Crippen molar-refractivity contribution >= 4 is 11.8 Å². The summed E-state index contributed by atoms with van der Waals surface area (Å²) in [7, 11) is 0. The van der Waals surface area contributed by atoms with Gasteiger partial charge in [0.15, 0.2) is 0 Å². The highest BCUT2D eigenvalue weighted by Gasteiger charge is 2.39. The first-order chi connectivity index (χ1) is 10.2. The molecule has 1 aromatic rings. The second kappa shape index (κ2) is 6.29. The highest BCUT2D eigenvalue weighted by atomic mass is 16.2. The zero-order valence-electron chi connectivity index (χ0n) is 12.3. The van der Waals surface area contributed by atoms with Gasteiger partial charge in [0.25, 0.3) is 0 Å². The molecule has 4 heteroatoms. The van der Waals surface area contributed by atoms with E-state index < -0.39 is 0 Å². The van der Waals surface area contributed by atoms with E-state index in [0.717, 1.165) is 25.7 Å². The van der Waals surface area contributed by atoms with E-state index in [4.69, 9.17) is 0 Å². The highest BCUT2D eigenvalue weighted by Crippen LogP contribution is 2.30. The average Bonchev–Trinajstić information content (AvgIpc) is 3.24. The number of hydrogen-bond donors (Lipinski definition) is 1. The van der Waals surface area contributed by atoms with Crippen molar-refractivity contribution in [2.75, 3.05) is 6.54 Å². The smallest absolute Gasteiger partial charge is 0.225 e. The fourth-order valence-corrected chi connectivity index (χ4v) is 2.97. The first-order valence-corrected chi connectivity index (χ1v) is 7.85. The molecule has 2 amide bonds. The maximum absolute atomic E-state index is 11.9. The second-order valence-corrected chi connectivity index (χ2v) is 6.08. The second-order valence-electron chi connectivity index (χ2n) is 6.08. The van der Waals surface area contributed by atoms with Crippen LogP contribution in [-0.2, 0) is 16.0 Å². The number of amides is 2. The van der Waals surface area contributed by atoms with Gasteiger partial charge in [0.2, 0.25) is 11.8 Å². The van der Waals surface area contributed by atoms with Crippen molar-refractivity contribution in [3.63, 3.8) is 0 Å². The number of nitrogens with one attached hydrogen (secondary N) is 1. The first-order valence-electron chi connectivity index (χ1n) is 7.85. The van der Waals surface area contributed by atoms with Gasteiger partial charge in [-0.1, -0.05) is 30.3 Å². The van der Waals surface area contributed by atoms with Gasteiger partial charge in [-0.25, -0.2) is 0 Å². The number of nitrogens with zero attached hydrogens (tertiary/aromatic N) is 1. The van der Waals surface area contributed by atoms with E-state index in [0.29, 0.717) is 25.4 Å². The van der Waals surface area contributed by atoms with Crippen molar-refractivity contribution in [2.24, 2.45) is 0 Å². The molecule has 0 unspecified atom stereocenters. The zero-order valence-corrected chi connectivity index (χ0v) is 12.3. The number of hydrogen-bond acceptors (Lipinski definition) is 2. The Balaban J connectivity index is 1.37. The van der Waals surface area contributed by atoms with Crippen molar-refractivity contribution in [3.8, 4) is 0 Å². The van der Waals surface area contributed by atoms with Crippen molar-refractivity contribution in [1.29, 1.82) is 0 Å². The summed E-state index contributed by atoms with van der Waals surface area (Å²) in [4.78, 5) is 25.7. The Morgan fingerprint density at radius 2 is 2.00 bits per heavy atom. The molecule has 1 N–H and O–H groups in total. The molecule has 4 nitrogen and oxygen atoms in total. The Kier molecular flexibility index (Phi) is 4.23. The van der Waals surface area contributed by atoms with Gasteiger partial charge < -0.3 is 10.2 Å². The third kappa shape index (κ3) is 3.84. The zero-order chi connectivity index (χ0) is 14.7. The van der Waals surface area contributed by atoms with Crippen LogP contribution in [0.3, 0.4) is 0 Å². The number of carbonyl (C=O) groups excluding carboxylic acids is 2. The van der Waals surface area contributed by atoms with E-state index in [-0.39, 0.29) is 17.9 Å². The molecule has 3 rings (SSSR count). The van der Waals surface area contributed by atoms with Crippen molar-refractivity contribution in [3.05, 3.63) is 35.9 Å². The summed E-state index contributed by atoms with van der Waals surface area (Å²) in [5, 5.41) is 3.01. The van der Waals surface area contributed by atoms with Crippen LogP contribution in [0.25, 0.3) is 0 Å². The summed E-state index contributed by atoms with van der Waals surface area (Å²) in [6, 6.07) is 10.7. The van der Waals surface area contributed by atoms with E-state index in [9.17, 15) is 9.59 Å². The van der Waals surface area contributed by atoms with Crippen molar-refractivity contribution in [1.82, 2.24) is 10.2 Å². The van der Waals surface area contributed by atoms with E-state index in [1.54, 1.807) is 0 Å². The summed E-state index contributed by atoms with van der Waals surface area (Å²) in [6.45, 7) is 0.702. The van der Waals surface area contributed by atoms with Gasteiger partial charge in [-0.05, 0) is 31.2 Å². The molecule has 0 radical (unpaired) electrons. The van der Waals surface area contributed by atoms with Crippen LogP contribution in [0.1, 0.15) is 37.7 Å². The molecule has 2 aliphatic rings. The van der Waals surface area contributed by atoms with Gasteiger partial charge in [-0.3, -0.25) is 9.59 Å². The maximum atomic E-state index is 11.9. The van der Waals surface area contributed by atoms with Gasteiger partial charge >= 0.3 is 0 Å². The fraction of sp³-hybridized carbons (Fsp3) is 0.529. The lowest BCUT2D eigenvalue weighted by atomic mass is 10.1. The van der Waals surface area contributed by atoms with Crippen molar-refractivity contribution < 1.29 is 9.59 Å². The Labute approximate surface area is 125 Å². The fourth-order valence-electron chi connectivity index (χ4n) is 2.97. The van der Waals surface area contributed by atoms with Crippen LogP contribution in [0.15, 0.2) is 30.3 Å². The molecule has 112 valence electrons. The Morgan fingerprint density at radius 3 is 2.71 bits per heavy atom. The lowest BCUT2D eigenvalue weighted by Crippen LogP contribution is -2.37. The van der Waals surface area contributed by atoms with E-state index >= 15 is 0 Å². The number of likely N-dealkylation sites (tertiary alicyclic amines) is 1. The third-order valence-electron chi connectivity index (χ3n) is 4.22. The number of aryl methyl sites for hydroxylation is 1. The predicted molar refractivity (Wildman–Crippen MR) is 80.7 cm³/mol. The SMILES string of the molecule is O=C(CCCc1ccccc1)N[C@@H]1CC(=O)N(C2CC2)C1. The molecule has 0 aromatic heterocycles. The predicted octanol–water partition coefficient (Wildman–Crippen LogP) is 1.89. The van der Waals surface area contributed by atoms with Crippen LogP contribution < -0.4 is 5.32 Å². The lowest BCUT2D eigenvalue weighted by molar-refractivity contribution is -0.128. The molecule has 1 aliphatic heterocycles. The van der Waals surface area contributed by atoms with E-state index in [1.165, 1.54) is 5.56 Å². The lowest BCUT2D eigenvalue weighted by Gasteiger charge is -2.16. The molecule has 1 aromatic carbocycles. The number of rotatable bonds is 6. The van der Waals surface area contributed by atoms with Gasteiger partial charge in [0, 0.05) is 25.4 Å². The molecule has 1 heterocycles. The topological polar surface area (TPSA) is 49.4 Å². The van der Waals surface area contributed by atoms with Gasteiger partial charge in [0.05, 0.1) is 6.04 Å². The molecule has 1 atom stereocenters. The minimum atomic E-state index is 0.0160. The average molecular weight is 286 g/mol. The molecular formula is C17H22N2O2. The van der Waals surface area contributed by atoms with Crippen LogP contribution in [0.2, 0.25) is 0 Å². The Bertz CT molecular complexity index is 511. The molecule has 1 aliphatic carbocycles. The maximum Gasteiger partial charge on any atom is 0.225 e. The summed E-state index contributed by atoms with van der Waals surface area (Å²) >= 11 is 0. The normalized spacial score (nSPS) is 21.6. The molecule has 0 bridgehead atoms. The van der Waals surface area contributed by atoms with Crippen LogP contribution >= 0.6 is 0 Å². The van der Waals surface area contributed by atoms with E-state index in [2.05, 4.69) is 17.4 Å². The molecule has 21 heavy (non-hydrogen) atoms. The van der Waals surface area contributed by atoms with E-state index in [1.807, 2.05) is 23.1 Å². The van der Waals surface area contributed by atoms with Crippen LogP contribution in [0, 0.1) is 0 Å². The standard InChI is InChI=1S/C17H22N2O2/c20-16(8-4-7-13-5-2-1-3-6-13)18-14-11-17(21)19(12-14)15-9-10-15/h1-3,5-6,14-15H,4,7-12H2,(H,18,20)/t14-/m1/s1. The summed E-state index contributed by atoms with van der Waals surface area (Å²) in [5.41, 5.74) is 1.27. The quantitative estimate of drug-likeness (QED) is 0.868. The van der Waals surface area contributed by atoms with Gasteiger partial charge in [-0.15, -0.1) is 0 Å². The van der Waals surface area contributed by atoms with Gasteiger partial charge in [-0.2, -0.15) is 0 Å². The molecule has 0 spiro atoms.